The standard InChI is InChI=1S/C24H30F3N5O3/c1-14(2)10-17(11-19(28)29-15(3)33)23(34)32-12-16-7-8-20(35-13-24(25,26)27)30-21(16)31-9-5-4-6-18(32)22(31)32/h7-8,10-11,14,18,22H,4-6,9,12-13,28H2,1-3H3/p+1/b17-10+,19-11+. The average Bonchev–Trinajstić information content (AvgIpc) is 3.45. The first-order valence-corrected chi connectivity index (χ1v) is 11.8. The number of hydrogen-bond donors (Lipinski definition) is 2. The zero-order valence-electron chi connectivity index (χ0n) is 20.1. The number of pyridine rings is 1. The summed E-state index contributed by atoms with van der Waals surface area (Å²) in [5, 5.41) is 2.52. The summed E-state index contributed by atoms with van der Waals surface area (Å²) in [5.74, 6) is 0.258. The predicted molar refractivity (Wildman–Crippen MR) is 123 cm³/mol. The zero-order valence-corrected chi connectivity index (χ0v) is 20.1. The monoisotopic (exact) mass is 494 g/mol. The second-order valence-corrected chi connectivity index (χ2v) is 9.75. The number of ether oxygens (including phenoxy) is 1. The Hall–Kier alpha value is -3.08. The second-order valence-electron chi connectivity index (χ2n) is 9.75. The molecule has 3 atom stereocenters. The molecule has 1 aromatic heterocycles. The number of quaternary nitrogens is 1. The first kappa shape index (κ1) is 25.0. The maximum atomic E-state index is 14.1. The summed E-state index contributed by atoms with van der Waals surface area (Å²) in [6, 6.07) is 3.17. The molecule has 8 nitrogen and oxygen atoms in total. The number of aromatic nitrogens is 1. The molecule has 3 unspecified atom stereocenters. The predicted octanol–water partition coefficient (Wildman–Crippen LogP) is 3.10. The fourth-order valence-corrected chi connectivity index (χ4v) is 5.36. The minimum absolute atomic E-state index is 0.0460. The largest absolute Gasteiger partial charge is 0.468 e. The van der Waals surface area contributed by atoms with Gasteiger partial charge < -0.3 is 20.7 Å². The Bertz CT molecular complexity index is 1080. The summed E-state index contributed by atoms with van der Waals surface area (Å²) in [5.41, 5.74) is 7.20. The molecular weight excluding hydrogens is 463 g/mol. The molecular formula is C24H31F3N5O3+. The molecule has 2 fully saturated rings. The molecule has 0 aromatic carbocycles. The number of nitrogens with two attached hydrogens (primary N) is 1. The van der Waals surface area contributed by atoms with Crippen LogP contribution in [0.3, 0.4) is 0 Å². The first-order valence-electron chi connectivity index (χ1n) is 11.8. The average molecular weight is 495 g/mol. The molecule has 190 valence electrons. The lowest BCUT2D eigenvalue weighted by atomic mass is 10.1. The summed E-state index contributed by atoms with van der Waals surface area (Å²) in [7, 11) is 0. The molecule has 1 aromatic rings. The van der Waals surface area contributed by atoms with E-state index in [1.807, 2.05) is 19.9 Å². The maximum Gasteiger partial charge on any atom is 0.422 e. The number of allylic oxidation sites excluding steroid dienone is 1. The Labute approximate surface area is 202 Å². The van der Waals surface area contributed by atoms with Crippen LogP contribution in [0, 0.1) is 5.92 Å². The summed E-state index contributed by atoms with van der Waals surface area (Å²) >= 11 is 0. The van der Waals surface area contributed by atoms with Crippen LogP contribution >= 0.6 is 0 Å². The highest BCUT2D eigenvalue weighted by atomic mass is 19.4. The van der Waals surface area contributed by atoms with Crippen LogP contribution in [0.1, 0.15) is 45.6 Å². The smallest absolute Gasteiger partial charge is 0.422 e. The van der Waals surface area contributed by atoms with Gasteiger partial charge in [-0.1, -0.05) is 19.9 Å². The van der Waals surface area contributed by atoms with Gasteiger partial charge in [-0.2, -0.15) is 18.2 Å². The molecule has 0 radical (unpaired) electrons. The number of nitrogens with one attached hydrogen (secondary N) is 1. The number of carbonyl (C=O) groups excluding carboxylic acids is 2. The molecule has 3 aliphatic heterocycles. The number of amides is 2. The van der Waals surface area contributed by atoms with Crippen molar-refractivity contribution in [2.75, 3.05) is 18.1 Å². The number of hydrogen-bond acceptors (Lipinski definition) is 6. The van der Waals surface area contributed by atoms with Crippen LogP contribution in [0.4, 0.5) is 19.0 Å². The van der Waals surface area contributed by atoms with Crippen molar-refractivity contribution >= 4 is 17.6 Å². The third kappa shape index (κ3) is 5.00. The lowest BCUT2D eigenvalue weighted by molar-refractivity contribution is -0.762. The molecule has 0 aliphatic carbocycles. The third-order valence-corrected chi connectivity index (χ3v) is 6.57. The Balaban J connectivity index is 1.69. The summed E-state index contributed by atoms with van der Waals surface area (Å²) in [6.07, 6.45) is 1.46. The van der Waals surface area contributed by atoms with Crippen LogP contribution in [0.5, 0.6) is 5.88 Å². The Morgan fingerprint density at radius 3 is 2.74 bits per heavy atom. The van der Waals surface area contributed by atoms with Gasteiger partial charge in [0, 0.05) is 31.5 Å². The van der Waals surface area contributed by atoms with Crippen molar-refractivity contribution in [1.29, 1.82) is 0 Å². The van der Waals surface area contributed by atoms with E-state index in [2.05, 4.69) is 15.2 Å². The highest BCUT2D eigenvalue weighted by Crippen LogP contribution is 2.55. The molecule has 35 heavy (non-hydrogen) atoms. The number of nitrogens with zero attached hydrogens (tertiary/aromatic N) is 3. The van der Waals surface area contributed by atoms with Crippen molar-refractivity contribution in [2.24, 2.45) is 11.7 Å². The van der Waals surface area contributed by atoms with Crippen molar-refractivity contribution in [3.05, 3.63) is 41.2 Å². The van der Waals surface area contributed by atoms with Crippen molar-refractivity contribution in [2.45, 2.75) is 65.0 Å². The SMILES string of the molecule is CC(=O)N/C(N)=C/C(=C\C(C)C)C(=O)[N+]12Cc3ccc(OCC(F)(F)F)nc3N3CCCCC1C32. The number of alkyl halides is 3. The van der Waals surface area contributed by atoms with Gasteiger partial charge in [0.15, 0.2) is 12.6 Å². The normalized spacial score (nSPS) is 26.0. The van der Waals surface area contributed by atoms with Crippen molar-refractivity contribution < 1.29 is 32.0 Å². The summed E-state index contributed by atoms with van der Waals surface area (Å²) in [6.45, 7) is 4.90. The Morgan fingerprint density at radius 1 is 1.34 bits per heavy atom. The first-order chi connectivity index (χ1) is 16.4. The number of carbonyl (C=O) groups is 2. The third-order valence-electron chi connectivity index (χ3n) is 6.57. The second kappa shape index (κ2) is 9.18. The van der Waals surface area contributed by atoms with Crippen LogP contribution < -0.4 is 20.7 Å². The number of fused-ring (bicyclic) bond motifs is 3. The molecule has 2 amide bonds. The van der Waals surface area contributed by atoms with E-state index in [4.69, 9.17) is 10.5 Å². The van der Waals surface area contributed by atoms with Gasteiger partial charge in [0.2, 0.25) is 18.0 Å². The molecule has 11 heteroatoms. The molecule has 4 heterocycles. The van der Waals surface area contributed by atoms with Gasteiger partial charge in [0.05, 0.1) is 5.57 Å². The van der Waals surface area contributed by atoms with Gasteiger partial charge in [-0.15, -0.1) is 0 Å². The Kier molecular flexibility index (Phi) is 6.56. The summed E-state index contributed by atoms with van der Waals surface area (Å²) in [4.78, 5) is 32.0. The van der Waals surface area contributed by atoms with Crippen LogP contribution in [0.2, 0.25) is 0 Å². The van der Waals surface area contributed by atoms with Gasteiger partial charge in [-0.05, 0) is 30.9 Å². The van der Waals surface area contributed by atoms with Crippen molar-refractivity contribution in [3.63, 3.8) is 0 Å². The van der Waals surface area contributed by atoms with Crippen LogP contribution in [-0.4, -0.2) is 52.8 Å². The van der Waals surface area contributed by atoms with E-state index >= 15 is 0 Å². The van der Waals surface area contributed by atoms with Crippen molar-refractivity contribution in [3.8, 4) is 5.88 Å². The van der Waals surface area contributed by atoms with E-state index in [1.165, 1.54) is 19.1 Å². The fourth-order valence-electron chi connectivity index (χ4n) is 5.36. The van der Waals surface area contributed by atoms with Gasteiger partial charge in [-0.3, -0.25) is 4.79 Å². The molecule has 2 saturated heterocycles. The maximum absolute atomic E-state index is 14.1. The number of anilines is 1. The highest BCUT2D eigenvalue weighted by Gasteiger charge is 2.75. The minimum atomic E-state index is -4.45. The topological polar surface area (TPSA) is 97.5 Å². The molecule has 4 rings (SSSR count). The van der Waals surface area contributed by atoms with Crippen LogP contribution in [0.25, 0.3) is 0 Å². The highest BCUT2D eigenvalue weighted by molar-refractivity contribution is 5.93. The lowest BCUT2D eigenvalue weighted by Crippen LogP contribution is -2.48. The molecule has 0 spiro atoms. The van der Waals surface area contributed by atoms with E-state index in [9.17, 15) is 22.8 Å². The van der Waals surface area contributed by atoms with E-state index < -0.39 is 12.8 Å². The lowest BCUT2D eigenvalue weighted by Gasteiger charge is -2.33. The fraction of sp³-hybridized carbons (Fsp3) is 0.542. The van der Waals surface area contributed by atoms with Gasteiger partial charge in [0.25, 0.3) is 0 Å². The van der Waals surface area contributed by atoms with Gasteiger partial charge >= 0.3 is 12.1 Å². The van der Waals surface area contributed by atoms with E-state index in [0.29, 0.717) is 24.5 Å². The molecule has 3 aliphatic rings. The number of halogens is 3. The molecule has 0 bridgehead atoms. The van der Waals surface area contributed by atoms with Crippen molar-refractivity contribution in [1.82, 2.24) is 10.3 Å². The van der Waals surface area contributed by atoms with E-state index in [-0.39, 0.29) is 46.1 Å². The van der Waals surface area contributed by atoms with Gasteiger partial charge in [0.1, 0.15) is 18.2 Å². The van der Waals surface area contributed by atoms with Gasteiger partial charge in [-0.25, -0.2) is 9.28 Å². The van der Waals surface area contributed by atoms with Crippen LogP contribution in [0.15, 0.2) is 35.7 Å². The molecule has 3 N–H and O–H groups in total. The quantitative estimate of drug-likeness (QED) is 0.273. The minimum Gasteiger partial charge on any atom is -0.468 e. The van der Waals surface area contributed by atoms with Crippen LogP contribution in [-0.2, 0) is 16.1 Å². The number of rotatable bonds is 6. The van der Waals surface area contributed by atoms with E-state index in [1.54, 1.807) is 6.07 Å². The zero-order chi connectivity index (χ0) is 25.5. The Morgan fingerprint density at radius 2 is 2.09 bits per heavy atom. The molecule has 0 saturated carbocycles. The summed E-state index contributed by atoms with van der Waals surface area (Å²) < 4.78 is 43.0. The van der Waals surface area contributed by atoms with E-state index in [0.717, 1.165) is 24.8 Å².